The Morgan fingerprint density at radius 2 is 2.20 bits per heavy atom. The Labute approximate surface area is 94.0 Å². The number of benzene rings is 1. The highest BCUT2D eigenvalue weighted by molar-refractivity contribution is 9.10. The lowest BCUT2D eigenvalue weighted by Crippen LogP contribution is -2.00. The molecule has 15 heavy (non-hydrogen) atoms. The van der Waals surface area contributed by atoms with Crippen molar-refractivity contribution in [2.75, 3.05) is 7.11 Å². The number of carbonyl (C=O) groups is 1. The van der Waals surface area contributed by atoms with E-state index in [9.17, 15) is 9.90 Å². The first kappa shape index (κ1) is 10.0. The largest absolute Gasteiger partial charge is 0.507 e. The molecule has 0 unspecified atom stereocenters. The fourth-order valence-corrected chi connectivity index (χ4v) is 1.71. The Morgan fingerprint density at radius 3 is 2.87 bits per heavy atom. The molecule has 1 aromatic carbocycles. The molecule has 5 heteroatoms. The number of ether oxygens (including phenoxy) is 1. The number of aromatic hydroxyl groups is 1. The van der Waals surface area contributed by atoms with Crippen molar-refractivity contribution in [1.82, 2.24) is 4.98 Å². The first-order valence-electron chi connectivity index (χ1n) is 4.21. The monoisotopic (exact) mass is 269 g/mol. The van der Waals surface area contributed by atoms with Crippen LogP contribution in [0, 0.1) is 0 Å². The lowest BCUT2D eigenvalue weighted by Gasteiger charge is -1.95. The molecule has 0 atom stereocenters. The number of carbonyl (C=O) groups excluding carboxylic acids is 1. The van der Waals surface area contributed by atoms with Crippen LogP contribution in [0.2, 0.25) is 0 Å². The number of hydrogen-bond donors (Lipinski definition) is 2. The summed E-state index contributed by atoms with van der Waals surface area (Å²) in [5.41, 5.74) is 1.13. The maximum absolute atomic E-state index is 11.2. The molecule has 0 radical (unpaired) electrons. The van der Waals surface area contributed by atoms with Gasteiger partial charge in [0.15, 0.2) is 0 Å². The molecule has 0 aliphatic rings. The van der Waals surface area contributed by atoms with E-state index in [0.29, 0.717) is 10.2 Å². The van der Waals surface area contributed by atoms with Crippen molar-refractivity contribution < 1.29 is 14.6 Å². The third kappa shape index (κ3) is 1.70. The molecule has 78 valence electrons. The summed E-state index contributed by atoms with van der Waals surface area (Å²) < 4.78 is 5.16. The summed E-state index contributed by atoms with van der Waals surface area (Å²) in [5.74, 6) is -0.292. The molecule has 2 N–H and O–H groups in total. The zero-order chi connectivity index (χ0) is 11.0. The van der Waals surface area contributed by atoms with Gasteiger partial charge < -0.3 is 14.8 Å². The smallest absolute Gasteiger partial charge is 0.354 e. The van der Waals surface area contributed by atoms with Crippen LogP contribution in [0.3, 0.4) is 0 Å². The number of methoxy groups -OCH3 is 1. The third-order valence-electron chi connectivity index (χ3n) is 2.09. The van der Waals surface area contributed by atoms with Gasteiger partial charge in [0.1, 0.15) is 11.4 Å². The minimum Gasteiger partial charge on any atom is -0.507 e. The van der Waals surface area contributed by atoms with Crippen molar-refractivity contribution in [3.8, 4) is 5.75 Å². The minimum atomic E-state index is -0.429. The van der Waals surface area contributed by atoms with Gasteiger partial charge in [0.05, 0.1) is 11.6 Å². The number of halogens is 1. The molecule has 2 rings (SSSR count). The van der Waals surface area contributed by atoms with Crippen molar-refractivity contribution in [3.05, 3.63) is 28.4 Å². The number of hydrogen-bond acceptors (Lipinski definition) is 3. The number of fused-ring (bicyclic) bond motifs is 1. The van der Waals surface area contributed by atoms with Crippen molar-refractivity contribution in [2.45, 2.75) is 0 Å². The van der Waals surface area contributed by atoms with E-state index in [0.717, 1.165) is 10.9 Å². The molecule has 0 amide bonds. The number of H-pyrrole nitrogens is 1. The Balaban J connectivity index is 2.61. The van der Waals surface area contributed by atoms with Crippen LogP contribution in [0.5, 0.6) is 5.75 Å². The second kappa shape index (κ2) is 3.58. The van der Waals surface area contributed by atoms with E-state index in [1.165, 1.54) is 7.11 Å². The van der Waals surface area contributed by atoms with E-state index in [4.69, 9.17) is 0 Å². The summed E-state index contributed by atoms with van der Waals surface area (Å²) in [5, 5.41) is 10.2. The van der Waals surface area contributed by atoms with Crippen molar-refractivity contribution in [3.63, 3.8) is 0 Å². The van der Waals surface area contributed by atoms with Crippen molar-refractivity contribution in [1.29, 1.82) is 0 Å². The van der Waals surface area contributed by atoms with Gasteiger partial charge in [0.2, 0.25) is 0 Å². The average Bonchev–Trinajstić information content (AvgIpc) is 2.60. The van der Waals surface area contributed by atoms with Crippen molar-refractivity contribution in [2.24, 2.45) is 0 Å². The molecule has 2 aromatic rings. The zero-order valence-electron chi connectivity index (χ0n) is 7.87. The summed E-state index contributed by atoms with van der Waals surface area (Å²) in [7, 11) is 1.32. The number of rotatable bonds is 1. The van der Waals surface area contributed by atoms with Crippen molar-refractivity contribution >= 4 is 32.8 Å². The van der Waals surface area contributed by atoms with E-state index in [1.54, 1.807) is 18.2 Å². The fraction of sp³-hybridized carbons (Fsp3) is 0.100. The summed E-state index contributed by atoms with van der Waals surface area (Å²) in [6.45, 7) is 0. The third-order valence-corrected chi connectivity index (χ3v) is 2.73. The molecular formula is C10H8BrNO3. The van der Waals surface area contributed by atoms with E-state index in [2.05, 4.69) is 25.7 Å². The van der Waals surface area contributed by atoms with E-state index >= 15 is 0 Å². The van der Waals surface area contributed by atoms with Crippen LogP contribution >= 0.6 is 15.9 Å². The number of phenols is 1. The van der Waals surface area contributed by atoms with Gasteiger partial charge in [-0.3, -0.25) is 0 Å². The van der Waals surface area contributed by atoms with Crippen LogP contribution < -0.4 is 0 Å². The number of nitrogens with one attached hydrogen (secondary N) is 1. The second-order valence-corrected chi connectivity index (χ2v) is 3.92. The molecule has 0 spiro atoms. The molecule has 0 saturated carbocycles. The Morgan fingerprint density at radius 1 is 1.47 bits per heavy atom. The van der Waals surface area contributed by atoms with E-state index in [1.807, 2.05) is 0 Å². The first-order valence-corrected chi connectivity index (χ1v) is 5.00. The SMILES string of the molecule is COC(=O)c1cc2cc(O)c(Br)cc2[nH]1. The second-order valence-electron chi connectivity index (χ2n) is 3.07. The summed E-state index contributed by atoms with van der Waals surface area (Å²) in [6.07, 6.45) is 0. The molecule has 0 saturated heterocycles. The maximum Gasteiger partial charge on any atom is 0.354 e. The highest BCUT2D eigenvalue weighted by atomic mass is 79.9. The molecule has 0 aliphatic carbocycles. The summed E-state index contributed by atoms with van der Waals surface area (Å²) in [6, 6.07) is 4.91. The topological polar surface area (TPSA) is 62.3 Å². The van der Waals surface area contributed by atoms with Gasteiger partial charge >= 0.3 is 5.97 Å². The van der Waals surface area contributed by atoms with Crippen LogP contribution in [0.1, 0.15) is 10.5 Å². The molecule has 1 aromatic heterocycles. The average molecular weight is 270 g/mol. The first-order chi connectivity index (χ1) is 7.11. The van der Waals surface area contributed by atoms with Gasteiger partial charge in [-0.2, -0.15) is 0 Å². The predicted octanol–water partition coefficient (Wildman–Crippen LogP) is 2.42. The van der Waals surface area contributed by atoms with E-state index < -0.39 is 5.97 Å². The van der Waals surface area contributed by atoms with Gasteiger partial charge in [0.25, 0.3) is 0 Å². The zero-order valence-corrected chi connectivity index (χ0v) is 9.46. The van der Waals surface area contributed by atoms with Crippen LogP contribution in [0.4, 0.5) is 0 Å². The summed E-state index contributed by atoms with van der Waals surface area (Å²) >= 11 is 3.19. The number of phenolic OH excluding ortho intramolecular Hbond substituents is 1. The molecule has 0 bridgehead atoms. The minimum absolute atomic E-state index is 0.137. The maximum atomic E-state index is 11.2. The summed E-state index contributed by atoms with van der Waals surface area (Å²) in [4.78, 5) is 14.1. The predicted molar refractivity (Wildman–Crippen MR) is 59.0 cm³/mol. The molecule has 0 fully saturated rings. The quantitative estimate of drug-likeness (QED) is 0.782. The Bertz CT molecular complexity index is 494. The lowest BCUT2D eigenvalue weighted by atomic mass is 10.2. The van der Waals surface area contributed by atoms with Gasteiger partial charge in [-0.15, -0.1) is 0 Å². The molecule has 4 nitrogen and oxygen atoms in total. The number of aromatic nitrogens is 1. The van der Waals surface area contributed by atoms with Gasteiger partial charge in [0, 0.05) is 10.9 Å². The number of aromatic amines is 1. The molecule has 0 aliphatic heterocycles. The van der Waals surface area contributed by atoms with Crippen LogP contribution in [0.15, 0.2) is 22.7 Å². The fourth-order valence-electron chi connectivity index (χ4n) is 1.36. The highest BCUT2D eigenvalue weighted by Crippen LogP contribution is 2.29. The normalized spacial score (nSPS) is 10.5. The van der Waals surface area contributed by atoms with Crippen LogP contribution in [-0.4, -0.2) is 23.2 Å². The van der Waals surface area contributed by atoms with Crippen LogP contribution in [0.25, 0.3) is 10.9 Å². The lowest BCUT2D eigenvalue weighted by molar-refractivity contribution is 0.0595. The van der Waals surface area contributed by atoms with Crippen LogP contribution in [-0.2, 0) is 4.74 Å². The standard InChI is InChI=1S/C10H8BrNO3/c1-15-10(14)8-2-5-3-9(13)6(11)4-7(5)12-8/h2-4,12-13H,1H3. The van der Waals surface area contributed by atoms with Gasteiger partial charge in [-0.05, 0) is 34.1 Å². The Hall–Kier alpha value is -1.49. The highest BCUT2D eigenvalue weighted by Gasteiger charge is 2.10. The van der Waals surface area contributed by atoms with Gasteiger partial charge in [-0.1, -0.05) is 0 Å². The Kier molecular flexibility index (Phi) is 2.40. The van der Waals surface area contributed by atoms with Gasteiger partial charge in [-0.25, -0.2) is 4.79 Å². The number of esters is 1. The molecule has 1 heterocycles. The molecular weight excluding hydrogens is 262 g/mol. The van der Waals surface area contributed by atoms with E-state index in [-0.39, 0.29) is 5.75 Å².